The Hall–Kier alpha value is -4.19. The molecular weight excluding hydrogens is 513 g/mol. The predicted octanol–water partition coefficient (Wildman–Crippen LogP) is 5.02. The zero-order valence-electron chi connectivity index (χ0n) is 19.8. The Kier molecular flexibility index (Phi) is 6.78. The van der Waals surface area contributed by atoms with Crippen LogP contribution in [-0.2, 0) is 21.0 Å². The third-order valence-corrected chi connectivity index (χ3v) is 6.97. The van der Waals surface area contributed by atoms with Gasteiger partial charge in [0, 0.05) is 34.6 Å². The molecule has 0 atom stereocenters. The number of amides is 1. The molecule has 0 bridgehead atoms. The van der Waals surface area contributed by atoms with Crippen LogP contribution in [0.3, 0.4) is 0 Å². The highest BCUT2D eigenvalue weighted by Crippen LogP contribution is 2.40. The van der Waals surface area contributed by atoms with Gasteiger partial charge in [-0.3, -0.25) is 9.52 Å². The van der Waals surface area contributed by atoms with Crippen LogP contribution in [0.2, 0.25) is 0 Å². The first-order chi connectivity index (χ1) is 17.5. The van der Waals surface area contributed by atoms with Crippen LogP contribution < -0.4 is 24.2 Å². The molecule has 12 heteroatoms. The Balaban J connectivity index is 1.72. The number of fused-ring (bicyclic) bond motifs is 1. The molecule has 0 unspecified atom stereocenters. The molecule has 1 amide bonds. The van der Waals surface area contributed by atoms with Crippen molar-refractivity contribution in [2.45, 2.75) is 11.1 Å². The fraction of sp³-hybridized carbons (Fsp3) is 0.160. The number of sulfonamides is 1. The number of benzene rings is 3. The number of alkyl halides is 3. The number of carbonyl (C=O) groups excluding carboxylic acids is 1. The van der Waals surface area contributed by atoms with E-state index in [4.69, 9.17) is 14.2 Å². The maximum Gasteiger partial charge on any atom is 0.416 e. The number of nitrogens with one attached hydrogen (secondary N) is 2. The minimum atomic E-state index is -4.55. The Bertz CT molecular complexity index is 1470. The summed E-state index contributed by atoms with van der Waals surface area (Å²) in [5.41, 5.74) is 0.322. The lowest BCUT2D eigenvalue weighted by molar-refractivity contribution is -0.137. The third-order valence-electron chi connectivity index (χ3n) is 5.59. The minimum Gasteiger partial charge on any atom is -0.496 e. The highest BCUT2D eigenvalue weighted by atomic mass is 32.2. The molecule has 1 heterocycles. The minimum absolute atomic E-state index is 0.0498. The summed E-state index contributed by atoms with van der Waals surface area (Å²) in [6, 6.07) is 10.8. The molecule has 0 fully saturated rings. The fourth-order valence-corrected chi connectivity index (χ4v) is 4.82. The number of methoxy groups -OCH3 is 3. The van der Waals surface area contributed by atoms with Crippen molar-refractivity contribution in [3.63, 3.8) is 0 Å². The molecule has 37 heavy (non-hydrogen) atoms. The van der Waals surface area contributed by atoms with Gasteiger partial charge in [-0.1, -0.05) is 0 Å². The van der Waals surface area contributed by atoms with Gasteiger partial charge in [0.05, 0.1) is 37.4 Å². The van der Waals surface area contributed by atoms with Crippen LogP contribution in [0.5, 0.6) is 17.2 Å². The van der Waals surface area contributed by atoms with E-state index in [1.807, 2.05) is 0 Å². The summed E-state index contributed by atoms with van der Waals surface area (Å²) >= 11 is 0. The van der Waals surface area contributed by atoms with Crippen molar-refractivity contribution in [1.29, 1.82) is 0 Å². The van der Waals surface area contributed by atoms with Gasteiger partial charge in [-0.25, -0.2) is 8.42 Å². The summed E-state index contributed by atoms with van der Waals surface area (Å²) in [4.78, 5) is 12.6. The lowest BCUT2D eigenvalue weighted by Crippen LogP contribution is -2.13. The summed E-state index contributed by atoms with van der Waals surface area (Å²) in [6.45, 7) is 0. The van der Waals surface area contributed by atoms with Gasteiger partial charge in [-0.15, -0.1) is 0 Å². The van der Waals surface area contributed by atoms with Gasteiger partial charge in [0.1, 0.15) is 17.2 Å². The molecule has 194 valence electrons. The number of hydrogen-bond acceptors (Lipinski definition) is 6. The topological polar surface area (TPSA) is 103 Å². The second-order valence-electron chi connectivity index (χ2n) is 7.85. The van der Waals surface area contributed by atoms with Gasteiger partial charge >= 0.3 is 6.18 Å². The molecule has 0 aromatic heterocycles. The first kappa shape index (κ1) is 25.9. The van der Waals surface area contributed by atoms with Crippen molar-refractivity contribution >= 4 is 39.0 Å². The van der Waals surface area contributed by atoms with Crippen LogP contribution in [0.1, 0.15) is 16.7 Å². The van der Waals surface area contributed by atoms with E-state index in [1.54, 1.807) is 12.1 Å². The highest BCUT2D eigenvalue weighted by Gasteiger charge is 2.31. The van der Waals surface area contributed by atoms with Gasteiger partial charge in [0.15, 0.2) is 0 Å². The molecule has 8 nitrogen and oxygen atoms in total. The van der Waals surface area contributed by atoms with E-state index in [-0.39, 0.29) is 16.2 Å². The van der Waals surface area contributed by atoms with Crippen molar-refractivity contribution < 1.29 is 40.6 Å². The zero-order valence-corrected chi connectivity index (χ0v) is 20.6. The maximum atomic E-state index is 13.0. The first-order valence-corrected chi connectivity index (χ1v) is 12.1. The third kappa shape index (κ3) is 5.19. The van der Waals surface area contributed by atoms with Gasteiger partial charge in [0.25, 0.3) is 15.9 Å². The molecular formula is C25H21F3N2O6S. The number of rotatable bonds is 7. The molecule has 0 aliphatic carbocycles. The van der Waals surface area contributed by atoms with E-state index >= 15 is 0 Å². The molecule has 2 N–H and O–H groups in total. The summed E-state index contributed by atoms with van der Waals surface area (Å²) in [5, 5.41) is 2.68. The Morgan fingerprint density at radius 1 is 0.892 bits per heavy atom. The number of carbonyl (C=O) groups is 1. The van der Waals surface area contributed by atoms with Gasteiger partial charge in [0.2, 0.25) is 0 Å². The monoisotopic (exact) mass is 534 g/mol. The highest BCUT2D eigenvalue weighted by molar-refractivity contribution is 7.92. The van der Waals surface area contributed by atoms with E-state index in [1.165, 1.54) is 45.6 Å². The second-order valence-corrected chi connectivity index (χ2v) is 9.53. The van der Waals surface area contributed by atoms with E-state index < -0.39 is 27.7 Å². The summed E-state index contributed by atoms with van der Waals surface area (Å²) in [5.74, 6) is 0.713. The molecule has 0 spiro atoms. The van der Waals surface area contributed by atoms with Crippen molar-refractivity contribution in [2.24, 2.45) is 0 Å². The van der Waals surface area contributed by atoms with Crippen LogP contribution in [0.4, 0.5) is 24.5 Å². The van der Waals surface area contributed by atoms with Crippen LogP contribution in [0, 0.1) is 0 Å². The molecule has 0 radical (unpaired) electrons. The molecule has 3 aromatic carbocycles. The lowest BCUT2D eigenvalue weighted by atomic mass is 10.0. The quantitative estimate of drug-likeness (QED) is 0.413. The van der Waals surface area contributed by atoms with Gasteiger partial charge < -0.3 is 19.5 Å². The van der Waals surface area contributed by atoms with E-state index in [0.717, 1.165) is 24.3 Å². The van der Waals surface area contributed by atoms with Crippen LogP contribution in [-0.4, -0.2) is 35.7 Å². The Morgan fingerprint density at radius 2 is 1.51 bits per heavy atom. The average Bonchev–Trinajstić information content (AvgIpc) is 3.17. The van der Waals surface area contributed by atoms with Crippen LogP contribution in [0.25, 0.3) is 11.6 Å². The molecule has 1 aliphatic heterocycles. The first-order valence-electron chi connectivity index (χ1n) is 10.6. The fourth-order valence-electron chi connectivity index (χ4n) is 3.74. The molecule has 0 saturated heterocycles. The molecule has 0 saturated carbocycles. The van der Waals surface area contributed by atoms with Gasteiger partial charge in [-0.05, 0) is 48.5 Å². The van der Waals surface area contributed by atoms with E-state index in [9.17, 15) is 26.4 Å². The summed E-state index contributed by atoms with van der Waals surface area (Å²) < 4.78 is 82.7. The number of anilines is 2. The number of hydrogen-bond donors (Lipinski definition) is 2. The van der Waals surface area contributed by atoms with Crippen molar-refractivity contribution in [3.05, 3.63) is 71.3 Å². The van der Waals surface area contributed by atoms with Crippen LogP contribution in [0.15, 0.2) is 59.5 Å². The van der Waals surface area contributed by atoms with Crippen LogP contribution >= 0.6 is 0 Å². The van der Waals surface area contributed by atoms with Crippen molar-refractivity contribution in [1.82, 2.24) is 0 Å². The molecule has 1 aliphatic rings. The standard InChI is InChI=1S/C25H21F3N2O6S/c1-34-16-10-22(35-2)20(23(11-16)36-3)13-19-18-12-17(8-9-21(18)29-24(19)31)37(32,33)30-15-6-4-14(5-7-15)25(26,27)28/h4-13,30H,1-3H3,(H,29,31). The SMILES string of the molecule is COc1cc(OC)c(C=C2C(=O)Nc3ccc(S(=O)(=O)Nc4ccc(C(F)(F)F)cc4)cc32)c(OC)c1. The predicted molar refractivity (Wildman–Crippen MR) is 131 cm³/mol. The largest absolute Gasteiger partial charge is 0.496 e. The Morgan fingerprint density at radius 3 is 2.05 bits per heavy atom. The molecule has 4 rings (SSSR count). The Labute approximate surface area is 210 Å². The maximum absolute atomic E-state index is 13.0. The zero-order chi connectivity index (χ0) is 27.0. The smallest absolute Gasteiger partial charge is 0.416 e. The summed E-state index contributed by atoms with van der Waals surface area (Å²) in [6.07, 6.45) is -3.03. The van der Waals surface area contributed by atoms with E-state index in [0.29, 0.717) is 34.1 Å². The second kappa shape index (κ2) is 9.69. The van der Waals surface area contributed by atoms with Crippen molar-refractivity contribution in [3.8, 4) is 17.2 Å². The van der Waals surface area contributed by atoms with Crippen molar-refractivity contribution in [2.75, 3.05) is 31.4 Å². The average molecular weight is 535 g/mol. The lowest BCUT2D eigenvalue weighted by Gasteiger charge is -2.13. The normalized spacial score (nSPS) is 14.2. The summed E-state index contributed by atoms with van der Waals surface area (Å²) in [7, 11) is 0.167. The molecule has 3 aromatic rings. The van der Waals surface area contributed by atoms with Gasteiger partial charge in [-0.2, -0.15) is 13.2 Å². The number of ether oxygens (including phenoxy) is 3. The van der Waals surface area contributed by atoms with E-state index in [2.05, 4.69) is 10.0 Å². The number of halogens is 3.